The minimum absolute atomic E-state index is 0.0730. The van der Waals surface area contributed by atoms with E-state index in [0.717, 1.165) is 12.1 Å². The lowest BCUT2D eigenvalue weighted by Gasteiger charge is -2.56. The van der Waals surface area contributed by atoms with Gasteiger partial charge in [0.2, 0.25) is 0 Å². The maximum Gasteiger partial charge on any atom is 0.416 e. The lowest BCUT2D eigenvalue weighted by atomic mass is 9.80. The van der Waals surface area contributed by atoms with E-state index < -0.39 is 22.4 Å². The van der Waals surface area contributed by atoms with Crippen LogP contribution in [0.25, 0.3) is 0 Å². The largest absolute Gasteiger partial charge is 0.467 e. The normalized spacial score (nSPS) is 25.7. The average molecular weight is 423 g/mol. The number of halogens is 3. The van der Waals surface area contributed by atoms with Crippen LogP contribution in [0.3, 0.4) is 0 Å². The van der Waals surface area contributed by atoms with Crippen LogP contribution in [-0.4, -0.2) is 15.8 Å². The fourth-order valence-electron chi connectivity index (χ4n) is 3.93. The zero-order chi connectivity index (χ0) is 21.1. The number of nitro groups is 1. The van der Waals surface area contributed by atoms with Gasteiger partial charge in [0.05, 0.1) is 16.5 Å². The number of benzene rings is 2. The molecule has 10 heteroatoms. The molecule has 0 unspecified atom stereocenters. The molecule has 4 rings (SSSR count). The van der Waals surface area contributed by atoms with Crippen LogP contribution in [0.15, 0.2) is 42.5 Å². The Balaban J connectivity index is 1.81. The summed E-state index contributed by atoms with van der Waals surface area (Å²) in [5.74, 6) is 0.145. The molecule has 0 saturated carbocycles. The van der Waals surface area contributed by atoms with E-state index in [-0.39, 0.29) is 28.4 Å². The van der Waals surface area contributed by atoms with Gasteiger partial charge in [0.25, 0.3) is 5.69 Å². The fraction of sp³-hybridized carbons (Fsp3) is 0.316. The van der Waals surface area contributed by atoms with Crippen molar-refractivity contribution in [2.24, 2.45) is 5.92 Å². The quantitative estimate of drug-likeness (QED) is 0.425. The molecule has 2 aliphatic heterocycles. The molecule has 0 aliphatic carbocycles. The van der Waals surface area contributed by atoms with E-state index in [1.807, 2.05) is 6.92 Å². The molecule has 1 fully saturated rings. The van der Waals surface area contributed by atoms with Crippen molar-refractivity contribution in [3.05, 3.63) is 63.7 Å². The molecule has 6 nitrogen and oxygen atoms in total. The first-order valence-electron chi connectivity index (χ1n) is 8.78. The highest BCUT2D eigenvalue weighted by Gasteiger charge is 2.54. The second-order valence-electron chi connectivity index (χ2n) is 7.24. The molecule has 2 aromatic rings. The topological polar surface area (TPSA) is 67.6 Å². The Morgan fingerprint density at radius 2 is 2.00 bits per heavy atom. The van der Waals surface area contributed by atoms with Crippen LogP contribution in [0.1, 0.15) is 31.0 Å². The molecule has 1 N–H and O–H groups in total. The zero-order valence-corrected chi connectivity index (χ0v) is 16.2. The molecule has 0 amide bonds. The minimum atomic E-state index is -4.49. The van der Waals surface area contributed by atoms with Gasteiger partial charge in [-0.1, -0.05) is 13.0 Å². The van der Waals surface area contributed by atoms with E-state index in [0.29, 0.717) is 11.3 Å². The predicted octanol–water partition coefficient (Wildman–Crippen LogP) is 4.79. The number of nitro benzene ring substituents is 1. The lowest BCUT2D eigenvalue weighted by Crippen LogP contribution is -2.69. The second-order valence-corrected chi connectivity index (χ2v) is 7.62. The monoisotopic (exact) mass is 423 g/mol. The number of anilines is 1. The summed E-state index contributed by atoms with van der Waals surface area (Å²) in [5.41, 5.74) is -1.11. The Labute approximate surface area is 169 Å². The van der Waals surface area contributed by atoms with E-state index in [1.165, 1.54) is 35.2 Å². The Bertz CT molecular complexity index is 1030. The highest BCUT2D eigenvalue weighted by atomic mass is 32.1. The van der Waals surface area contributed by atoms with Crippen LogP contribution in [0.2, 0.25) is 0 Å². The Morgan fingerprint density at radius 3 is 2.66 bits per heavy atom. The van der Waals surface area contributed by atoms with Crippen LogP contribution in [0.5, 0.6) is 5.75 Å². The van der Waals surface area contributed by atoms with Gasteiger partial charge >= 0.3 is 6.18 Å². The molecule has 1 saturated heterocycles. The standard InChI is InChI=1S/C19H16F3N3O3S/c1-10-16-14-9-13(25(26)27)6-7-15(14)28-18(10,2)24(17(29)23-16)12-5-3-4-11(8-12)19(20,21)22/h3-10,16H,1-2H3,(H,23,29)/t10-,16-,18+/m1/s1. The molecule has 2 aliphatic rings. The number of alkyl halides is 3. The highest BCUT2D eigenvalue weighted by molar-refractivity contribution is 7.80. The van der Waals surface area contributed by atoms with E-state index in [4.69, 9.17) is 17.0 Å². The average Bonchev–Trinajstić information content (AvgIpc) is 2.63. The first-order valence-corrected chi connectivity index (χ1v) is 9.18. The molecule has 3 atom stereocenters. The van der Waals surface area contributed by atoms with Gasteiger partial charge < -0.3 is 10.1 Å². The molecule has 2 heterocycles. The van der Waals surface area contributed by atoms with Gasteiger partial charge in [-0.2, -0.15) is 13.2 Å². The van der Waals surface area contributed by atoms with Gasteiger partial charge in [-0.3, -0.25) is 15.0 Å². The summed E-state index contributed by atoms with van der Waals surface area (Å²) < 4.78 is 45.8. The van der Waals surface area contributed by atoms with Gasteiger partial charge in [-0.05, 0) is 43.4 Å². The van der Waals surface area contributed by atoms with Gasteiger partial charge in [0.15, 0.2) is 10.8 Å². The van der Waals surface area contributed by atoms with Crippen molar-refractivity contribution in [1.29, 1.82) is 0 Å². The minimum Gasteiger partial charge on any atom is -0.467 e. The number of fused-ring (bicyclic) bond motifs is 4. The van der Waals surface area contributed by atoms with Gasteiger partial charge in [-0.15, -0.1) is 0 Å². The maximum absolute atomic E-state index is 13.2. The smallest absolute Gasteiger partial charge is 0.416 e. The van der Waals surface area contributed by atoms with E-state index in [9.17, 15) is 23.3 Å². The molecule has 152 valence electrons. The summed E-state index contributed by atoms with van der Waals surface area (Å²) in [6, 6.07) is 8.78. The van der Waals surface area contributed by atoms with Crippen LogP contribution in [-0.2, 0) is 6.18 Å². The number of nitrogens with zero attached hydrogens (tertiary/aromatic N) is 2. The van der Waals surface area contributed by atoms with Gasteiger partial charge in [0.1, 0.15) is 5.75 Å². The van der Waals surface area contributed by atoms with E-state index in [1.54, 1.807) is 6.92 Å². The molecule has 0 radical (unpaired) electrons. The number of rotatable bonds is 2. The molecule has 2 aromatic carbocycles. The number of nitrogens with one attached hydrogen (secondary N) is 1. The Hall–Kier alpha value is -2.88. The molecular weight excluding hydrogens is 407 g/mol. The number of hydrogen-bond acceptors (Lipinski definition) is 4. The van der Waals surface area contributed by atoms with Crippen molar-refractivity contribution in [1.82, 2.24) is 5.32 Å². The summed E-state index contributed by atoms with van der Waals surface area (Å²) in [6.07, 6.45) is -4.49. The molecule has 2 bridgehead atoms. The van der Waals surface area contributed by atoms with Crippen molar-refractivity contribution in [2.75, 3.05) is 4.90 Å². The maximum atomic E-state index is 13.2. The molecule has 0 aromatic heterocycles. The highest BCUT2D eigenvalue weighted by Crippen LogP contribution is 2.50. The summed E-state index contributed by atoms with van der Waals surface area (Å²) in [5, 5.41) is 14.4. The third kappa shape index (κ3) is 2.98. The summed E-state index contributed by atoms with van der Waals surface area (Å²) >= 11 is 5.46. The van der Waals surface area contributed by atoms with Crippen LogP contribution in [0.4, 0.5) is 24.5 Å². The molecule has 29 heavy (non-hydrogen) atoms. The second kappa shape index (κ2) is 6.31. The number of non-ortho nitro benzene ring substituents is 1. The Morgan fingerprint density at radius 1 is 1.28 bits per heavy atom. The van der Waals surface area contributed by atoms with E-state index in [2.05, 4.69) is 5.32 Å². The number of hydrogen-bond donors (Lipinski definition) is 1. The van der Waals surface area contributed by atoms with E-state index >= 15 is 0 Å². The SMILES string of the molecule is C[C@@H]1[C@H]2NC(=S)N(c3cccc(C(F)(F)F)c3)[C@@]1(C)Oc1ccc([N+](=O)[O-])cc12. The van der Waals surface area contributed by atoms with Crippen molar-refractivity contribution < 1.29 is 22.8 Å². The van der Waals surface area contributed by atoms with Crippen molar-refractivity contribution in [3.63, 3.8) is 0 Å². The van der Waals surface area contributed by atoms with Crippen molar-refractivity contribution >= 4 is 28.7 Å². The van der Waals surface area contributed by atoms with Gasteiger partial charge in [-0.25, -0.2) is 0 Å². The van der Waals surface area contributed by atoms with Crippen molar-refractivity contribution in [3.8, 4) is 5.75 Å². The lowest BCUT2D eigenvalue weighted by molar-refractivity contribution is -0.385. The third-order valence-electron chi connectivity index (χ3n) is 5.56. The molecular formula is C19H16F3N3O3S. The number of ether oxygens (including phenoxy) is 1. The third-order valence-corrected chi connectivity index (χ3v) is 5.86. The number of thiocarbonyl (C=S) groups is 1. The first kappa shape index (κ1) is 19.4. The zero-order valence-electron chi connectivity index (χ0n) is 15.4. The summed E-state index contributed by atoms with van der Waals surface area (Å²) in [4.78, 5) is 12.2. The van der Waals surface area contributed by atoms with Crippen molar-refractivity contribution in [2.45, 2.75) is 31.8 Å². The van der Waals surface area contributed by atoms with Crippen LogP contribution < -0.4 is 15.0 Å². The van der Waals surface area contributed by atoms with Crippen LogP contribution >= 0.6 is 12.2 Å². The predicted molar refractivity (Wildman–Crippen MR) is 104 cm³/mol. The molecule has 0 spiro atoms. The summed E-state index contributed by atoms with van der Waals surface area (Å²) in [7, 11) is 0. The first-order chi connectivity index (χ1) is 13.5. The van der Waals surface area contributed by atoms with Gasteiger partial charge in [0, 0.05) is 29.3 Å². The summed E-state index contributed by atoms with van der Waals surface area (Å²) in [6.45, 7) is 3.62. The Kier molecular flexibility index (Phi) is 4.23. The van der Waals surface area contributed by atoms with Crippen LogP contribution in [0, 0.1) is 16.0 Å². The fourth-order valence-corrected chi connectivity index (χ4v) is 4.34.